The van der Waals surface area contributed by atoms with E-state index in [0.29, 0.717) is 64.3 Å². The van der Waals surface area contributed by atoms with Crippen molar-refractivity contribution in [1.29, 1.82) is 0 Å². The lowest BCUT2D eigenvalue weighted by molar-refractivity contribution is -0.136. The van der Waals surface area contributed by atoms with Crippen LogP contribution in [0.5, 0.6) is 23.0 Å². The van der Waals surface area contributed by atoms with Crippen LogP contribution in [0.15, 0.2) is 80.6 Å². The van der Waals surface area contributed by atoms with Crippen molar-refractivity contribution in [2.45, 2.75) is 33.4 Å². The Morgan fingerprint density at radius 1 is 0.957 bits per heavy atom. The molecule has 12 heteroatoms. The molecule has 1 atom stereocenters. The average molecular weight is 820 g/mol. The fraction of sp³-hybridized carbons (Fsp3) is 0.265. The van der Waals surface area contributed by atoms with Gasteiger partial charge in [0.05, 0.1) is 46.6 Å². The van der Waals surface area contributed by atoms with Crippen molar-refractivity contribution in [2.75, 3.05) is 26.9 Å². The number of hydrogen-bond acceptors (Lipinski definition) is 9. The third-order valence-corrected chi connectivity index (χ3v) is 9.26. The molecule has 0 amide bonds. The molecule has 240 valence electrons. The van der Waals surface area contributed by atoms with Crippen LogP contribution in [0, 0.1) is 3.57 Å². The number of carbonyl (C=O) groups is 1. The number of esters is 1. The largest absolute Gasteiger partial charge is 0.490 e. The van der Waals surface area contributed by atoms with Crippen molar-refractivity contribution in [3.63, 3.8) is 0 Å². The normalized spacial score (nSPS) is 14.2. The zero-order valence-corrected chi connectivity index (χ0v) is 30.2. The van der Waals surface area contributed by atoms with E-state index in [1.165, 1.54) is 29.2 Å². The third kappa shape index (κ3) is 7.34. The smallest absolute Gasteiger partial charge is 0.337 e. The van der Waals surface area contributed by atoms with Gasteiger partial charge in [-0.25, -0.2) is 9.79 Å². The molecule has 0 aliphatic carbocycles. The number of hydrogen-bond donors (Lipinski definition) is 0. The predicted octanol–water partition coefficient (Wildman–Crippen LogP) is 6.16. The Morgan fingerprint density at radius 2 is 1.65 bits per heavy atom. The Balaban J connectivity index is 1.57. The van der Waals surface area contributed by atoms with Crippen molar-refractivity contribution in [3.05, 3.63) is 111 Å². The number of aromatic nitrogens is 1. The topological polar surface area (TPSA) is 97.6 Å². The van der Waals surface area contributed by atoms with Crippen molar-refractivity contribution < 1.29 is 28.5 Å². The molecule has 1 aliphatic heterocycles. The number of fused-ring (bicyclic) bond motifs is 1. The standard InChI is InChI=1S/C34H32BrIN2O7S/c1-5-42-26-13-10-22(17-27(26)43-6-2)30-24(33(40)41-4)18-37-34-38(30)32(39)29(46-34)16-21-14-25(36)31(28(15-21)44-7-3)45-19-20-8-11-23(35)12-9-20/h8-18,30H,5-7,19H2,1-4H3/b29-16-/t30-/m1/s1. The molecule has 3 aromatic carbocycles. The zero-order chi connectivity index (χ0) is 32.8. The first kappa shape index (κ1) is 33.7. The number of halogens is 2. The Bertz CT molecular complexity index is 1950. The molecule has 1 aromatic heterocycles. The van der Waals surface area contributed by atoms with Crippen LogP contribution in [0.4, 0.5) is 0 Å². The van der Waals surface area contributed by atoms with Crippen LogP contribution in [0.2, 0.25) is 0 Å². The second-order valence-electron chi connectivity index (χ2n) is 9.93. The summed E-state index contributed by atoms with van der Waals surface area (Å²) in [6.45, 7) is 7.38. The molecule has 0 saturated heterocycles. The molecule has 46 heavy (non-hydrogen) atoms. The lowest BCUT2D eigenvalue weighted by atomic mass is 9.97. The van der Waals surface area contributed by atoms with Crippen LogP contribution in [-0.2, 0) is 16.1 Å². The number of rotatable bonds is 12. The molecule has 4 aromatic rings. The van der Waals surface area contributed by atoms with Gasteiger partial charge in [-0.15, -0.1) is 0 Å². The number of nitrogens with zero attached hydrogens (tertiary/aromatic N) is 2. The summed E-state index contributed by atoms with van der Waals surface area (Å²) in [6, 6.07) is 16.3. The molecule has 2 heterocycles. The maximum Gasteiger partial charge on any atom is 0.337 e. The molecule has 9 nitrogen and oxygen atoms in total. The quantitative estimate of drug-likeness (QED) is 0.125. The number of ether oxygens (including phenoxy) is 5. The summed E-state index contributed by atoms with van der Waals surface area (Å²) < 4.78 is 32.6. The fourth-order valence-corrected chi connectivity index (χ4v) is 6.96. The molecule has 0 unspecified atom stereocenters. The highest BCUT2D eigenvalue weighted by atomic mass is 127. The van der Waals surface area contributed by atoms with Gasteiger partial charge in [0.15, 0.2) is 27.8 Å². The van der Waals surface area contributed by atoms with Crippen molar-refractivity contribution in [3.8, 4) is 23.0 Å². The molecule has 0 spiro atoms. The van der Waals surface area contributed by atoms with Crippen molar-refractivity contribution >= 4 is 61.9 Å². The Hall–Kier alpha value is -3.62. The summed E-state index contributed by atoms with van der Waals surface area (Å²) in [5, 5.41) is 0. The first-order valence-corrected chi connectivity index (χ1v) is 17.3. The number of carbonyl (C=O) groups excluding carboxylic acids is 1. The summed E-state index contributed by atoms with van der Waals surface area (Å²) >= 11 is 6.92. The van der Waals surface area contributed by atoms with E-state index in [1.54, 1.807) is 18.2 Å². The second kappa shape index (κ2) is 15.3. The first-order valence-electron chi connectivity index (χ1n) is 14.6. The highest BCUT2D eigenvalue weighted by Crippen LogP contribution is 2.36. The van der Waals surface area contributed by atoms with E-state index in [0.717, 1.165) is 19.2 Å². The lowest BCUT2D eigenvalue weighted by Gasteiger charge is -2.23. The maximum absolute atomic E-state index is 14.1. The molecule has 1 aliphatic rings. The number of thiazole rings is 1. The van der Waals surface area contributed by atoms with Crippen LogP contribution < -0.4 is 33.8 Å². The van der Waals surface area contributed by atoms with Gasteiger partial charge in [-0.3, -0.25) is 9.36 Å². The fourth-order valence-electron chi connectivity index (χ4n) is 4.95. The SMILES string of the molecule is CCOc1ccc([C@@H]2C(C(=O)OC)=CN=c3s/c(=C\c4cc(I)c(OCc5ccc(Br)cc5)c(OCC)c4)c(=O)n32)cc1OCC. The van der Waals surface area contributed by atoms with Gasteiger partial charge in [0.2, 0.25) is 0 Å². The van der Waals surface area contributed by atoms with E-state index < -0.39 is 12.0 Å². The van der Waals surface area contributed by atoms with Crippen LogP contribution >= 0.6 is 49.9 Å². The molecule has 0 saturated carbocycles. The van der Waals surface area contributed by atoms with E-state index in [9.17, 15) is 9.59 Å². The van der Waals surface area contributed by atoms with Crippen LogP contribution in [-0.4, -0.2) is 37.5 Å². The number of benzene rings is 3. The average Bonchev–Trinajstić information content (AvgIpc) is 3.36. The highest BCUT2D eigenvalue weighted by molar-refractivity contribution is 14.1. The van der Waals surface area contributed by atoms with Crippen molar-refractivity contribution in [2.24, 2.45) is 4.99 Å². The summed E-state index contributed by atoms with van der Waals surface area (Å²) in [6.07, 6.45) is 3.27. The van der Waals surface area contributed by atoms with E-state index >= 15 is 0 Å². The summed E-state index contributed by atoms with van der Waals surface area (Å²) in [7, 11) is 1.30. The molecule has 0 radical (unpaired) electrons. The molecule has 0 bridgehead atoms. The second-order valence-corrected chi connectivity index (χ2v) is 13.0. The summed E-state index contributed by atoms with van der Waals surface area (Å²) in [4.78, 5) is 31.9. The molecule has 0 fully saturated rings. The number of methoxy groups -OCH3 is 1. The van der Waals surface area contributed by atoms with Gasteiger partial charge in [0.1, 0.15) is 6.61 Å². The molecule has 5 rings (SSSR count). The van der Waals surface area contributed by atoms with Gasteiger partial charge in [0, 0.05) is 10.7 Å². The van der Waals surface area contributed by atoms with Gasteiger partial charge >= 0.3 is 5.97 Å². The Labute approximate surface area is 292 Å². The van der Waals surface area contributed by atoms with Gasteiger partial charge < -0.3 is 23.7 Å². The molecular formula is C34H32BrIN2O7S. The van der Waals surface area contributed by atoms with E-state index in [4.69, 9.17) is 23.7 Å². The maximum atomic E-state index is 14.1. The highest BCUT2D eigenvalue weighted by Gasteiger charge is 2.31. The van der Waals surface area contributed by atoms with Gasteiger partial charge in [-0.2, -0.15) is 0 Å². The summed E-state index contributed by atoms with van der Waals surface area (Å²) in [5.74, 6) is 1.73. The van der Waals surface area contributed by atoms with E-state index in [-0.39, 0.29) is 11.1 Å². The Kier molecular flexibility index (Phi) is 11.2. The van der Waals surface area contributed by atoms with Crippen LogP contribution in [0.1, 0.15) is 43.5 Å². The van der Waals surface area contributed by atoms with E-state index in [1.807, 2.05) is 63.2 Å². The Morgan fingerprint density at radius 3 is 2.35 bits per heavy atom. The monoisotopic (exact) mass is 818 g/mol. The van der Waals surface area contributed by atoms with E-state index in [2.05, 4.69) is 43.5 Å². The third-order valence-electron chi connectivity index (χ3n) is 6.93. The summed E-state index contributed by atoms with van der Waals surface area (Å²) in [5.41, 5.74) is 2.38. The predicted molar refractivity (Wildman–Crippen MR) is 189 cm³/mol. The van der Waals surface area contributed by atoms with Crippen molar-refractivity contribution in [1.82, 2.24) is 4.57 Å². The first-order chi connectivity index (χ1) is 22.3. The minimum atomic E-state index is -0.783. The van der Waals surface area contributed by atoms with Gasteiger partial charge in [-0.05, 0) is 103 Å². The molecular weight excluding hydrogens is 787 g/mol. The zero-order valence-electron chi connectivity index (χ0n) is 25.7. The van der Waals surface area contributed by atoms with Gasteiger partial charge in [0.25, 0.3) is 5.56 Å². The van der Waals surface area contributed by atoms with Gasteiger partial charge in [-0.1, -0.05) is 45.5 Å². The van der Waals surface area contributed by atoms with Crippen LogP contribution in [0.3, 0.4) is 0 Å². The van der Waals surface area contributed by atoms with Crippen LogP contribution in [0.25, 0.3) is 6.08 Å². The minimum Gasteiger partial charge on any atom is -0.490 e. The molecule has 0 N–H and O–H groups in total. The minimum absolute atomic E-state index is 0.230. The lowest BCUT2D eigenvalue weighted by Crippen LogP contribution is -2.39.